The lowest BCUT2D eigenvalue weighted by atomic mass is 9.90. The molecule has 0 unspecified atom stereocenters. The zero-order valence-corrected chi connectivity index (χ0v) is 16.2. The van der Waals surface area contributed by atoms with E-state index in [4.69, 9.17) is 17.3 Å². The summed E-state index contributed by atoms with van der Waals surface area (Å²) in [6.07, 6.45) is 9.54. The molecule has 2 N–H and O–H groups in total. The number of benzene rings is 1. The van der Waals surface area contributed by atoms with Gasteiger partial charge in [-0.1, -0.05) is 18.2 Å². The second kappa shape index (κ2) is 7.75. The molecule has 0 spiro atoms. The molecule has 0 aliphatic carbocycles. The van der Waals surface area contributed by atoms with Crippen LogP contribution in [0.3, 0.4) is 0 Å². The van der Waals surface area contributed by atoms with Crippen LogP contribution in [0, 0.1) is 5.92 Å². The van der Waals surface area contributed by atoms with E-state index in [1.54, 1.807) is 0 Å². The highest BCUT2D eigenvalue weighted by Crippen LogP contribution is 2.30. The minimum absolute atomic E-state index is 0.548. The van der Waals surface area contributed by atoms with Gasteiger partial charge in [-0.05, 0) is 61.1 Å². The summed E-state index contributed by atoms with van der Waals surface area (Å²) in [6, 6.07) is 10.1. The maximum absolute atomic E-state index is 6.06. The van der Waals surface area contributed by atoms with Crippen LogP contribution in [0.25, 0.3) is 16.6 Å². The fourth-order valence-electron chi connectivity index (χ4n) is 4.02. The van der Waals surface area contributed by atoms with Gasteiger partial charge >= 0.3 is 0 Å². The van der Waals surface area contributed by atoms with Gasteiger partial charge in [0.1, 0.15) is 0 Å². The number of nitrogens with zero attached hydrogens (tertiary/aromatic N) is 3. The van der Waals surface area contributed by atoms with Crippen LogP contribution < -0.4 is 5.73 Å². The van der Waals surface area contributed by atoms with Gasteiger partial charge in [-0.15, -0.1) is 0 Å². The van der Waals surface area contributed by atoms with Crippen molar-refractivity contribution in [1.82, 2.24) is 14.5 Å². The second-order valence-corrected chi connectivity index (χ2v) is 7.73. The van der Waals surface area contributed by atoms with Crippen molar-refractivity contribution in [1.29, 1.82) is 0 Å². The topological polar surface area (TPSA) is 47.1 Å². The lowest BCUT2D eigenvalue weighted by Crippen LogP contribution is -2.35. The predicted octanol–water partition coefficient (Wildman–Crippen LogP) is 4.41. The summed E-state index contributed by atoms with van der Waals surface area (Å²) in [5.41, 5.74) is 10.4. The minimum atomic E-state index is 0.548. The van der Waals surface area contributed by atoms with Crippen molar-refractivity contribution in [2.24, 2.45) is 11.7 Å². The van der Waals surface area contributed by atoms with E-state index in [2.05, 4.69) is 45.4 Å². The maximum Gasteiger partial charge on any atom is 0.0715 e. The molecule has 1 aromatic carbocycles. The summed E-state index contributed by atoms with van der Waals surface area (Å²) in [6.45, 7) is 6.73. The first-order chi connectivity index (χ1) is 13.2. The van der Waals surface area contributed by atoms with Crippen LogP contribution in [-0.2, 0) is 6.42 Å². The first-order valence-corrected chi connectivity index (χ1v) is 9.86. The summed E-state index contributed by atoms with van der Waals surface area (Å²) >= 11 is 6.06. The molecule has 1 aliphatic rings. The molecule has 2 aromatic heterocycles. The van der Waals surface area contributed by atoms with E-state index in [1.807, 2.05) is 24.5 Å². The van der Waals surface area contributed by atoms with Gasteiger partial charge in [0.05, 0.1) is 11.7 Å². The third kappa shape index (κ3) is 3.73. The van der Waals surface area contributed by atoms with E-state index in [-0.39, 0.29) is 0 Å². The van der Waals surface area contributed by atoms with E-state index in [0.717, 1.165) is 41.4 Å². The number of pyridine rings is 1. The maximum atomic E-state index is 6.06. The fourth-order valence-corrected chi connectivity index (χ4v) is 4.14. The van der Waals surface area contributed by atoms with E-state index < -0.39 is 0 Å². The van der Waals surface area contributed by atoms with Gasteiger partial charge in [0.25, 0.3) is 0 Å². The zero-order valence-electron chi connectivity index (χ0n) is 15.4. The predicted molar refractivity (Wildman–Crippen MR) is 112 cm³/mol. The van der Waals surface area contributed by atoms with Crippen LogP contribution in [0.15, 0.2) is 61.2 Å². The highest BCUT2D eigenvalue weighted by Gasteiger charge is 2.21. The molecule has 140 valence electrons. The van der Waals surface area contributed by atoms with E-state index in [0.29, 0.717) is 12.5 Å². The molecule has 4 nitrogen and oxygen atoms in total. The molecule has 1 fully saturated rings. The number of fused-ring (bicyclic) bond motifs is 1. The summed E-state index contributed by atoms with van der Waals surface area (Å²) in [5, 5.41) is 2.04. The van der Waals surface area contributed by atoms with Crippen molar-refractivity contribution in [3.63, 3.8) is 0 Å². The van der Waals surface area contributed by atoms with Crippen LogP contribution >= 0.6 is 11.6 Å². The number of halogens is 1. The Kier molecular flexibility index (Phi) is 5.19. The van der Waals surface area contributed by atoms with Gasteiger partial charge in [0.15, 0.2) is 0 Å². The number of rotatable bonds is 5. The Morgan fingerprint density at radius 2 is 1.93 bits per heavy atom. The van der Waals surface area contributed by atoms with Crippen LogP contribution in [0.1, 0.15) is 18.4 Å². The lowest BCUT2D eigenvalue weighted by Gasteiger charge is -2.34. The second-order valence-electron chi connectivity index (χ2n) is 7.30. The number of hydrogen-bond donors (Lipinski definition) is 1. The van der Waals surface area contributed by atoms with Crippen molar-refractivity contribution in [3.05, 3.63) is 71.8 Å². The monoisotopic (exact) mass is 380 g/mol. The van der Waals surface area contributed by atoms with Gasteiger partial charge in [-0.2, -0.15) is 0 Å². The highest BCUT2D eigenvalue weighted by molar-refractivity contribution is 6.30. The van der Waals surface area contributed by atoms with E-state index in [9.17, 15) is 0 Å². The number of aromatic nitrogens is 2. The molecule has 4 rings (SSSR count). The van der Waals surface area contributed by atoms with Crippen LogP contribution in [-0.4, -0.2) is 34.1 Å². The first kappa shape index (κ1) is 18.1. The van der Waals surface area contributed by atoms with Gasteiger partial charge in [0, 0.05) is 53.8 Å². The van der Waals surface area contributed by atoms with Gasteiger partial charge in [-0.25, -0.2) is 0 Å². The average molecular weight is 381 g/mol. The summed E-state index contributed by atoms with van der Waals surface area (Å²) in [7, 11) is 0. The molecule has 0 atom stereocenters. The SMILES string of the molecule is C=C(CN)N1CCC(Cc2cn(-c3ccc(Cl)cc3)c3cnccc23)CC1. The van der Waals surface area contributed by atoms with Crippen LogP contribution in [0.2, 0.25) is 5.02 Å². The quantitative estimate of drug-likeness (QED) is 0.713. The molecule has 5 heteroatoms. The van der Waals surface area contributed by atoms with Crippen molar-refractivity contribution in [2.75, 3.05) is 19.6 Å². The molecular formula is C22H25ClN4. The molecular weight excluding hydrogens is 356 g/mol. The van der Waals surface area contributed by atoms with E-state index in [1.165, 1.54) is 23.8 Å². The molecule has 1 aliphatic heterocycles. The molecule has 0 amide bonds. The Hall–Kier alpha value is -2.30. The molecule has 3 aromatic rings. The number of nitrogens with two attached hydrogens (primary N) is 1. The zero-order chi connectivity index (χ0) is 18.8. The Morgan fingerprint density at radius 3 is 2.63 bits per heavy atom. The Balaban J connectivity index is 1.58. The Labute approximate surface area is 165 Å². The molecule has 0 bridgehead atoms. The third-order valence-electron chi connectivity index (χ3n) is 5.60. The standard InChI is InChI=1S/C22H25ClN4/c1-16(13-24)26-10-7-17(8-11-26)12-18-15-27(20-4-2-19(23)3-5-20)22-14-25-9-6-21(18)22/h2-6,9,14-15,17H,1,7-8,10-13,24H2. The number of hydrogen-bond acceptors (Lipinski definition) is 3. The smallest absolute Gasteiger partial charge is 0.0715 e. The molecule has 3 heterocycles. The van der Waals surface area contributed by atoms with Gasteiger partial charge < -0.3 is 15.2 Å². The molecule has 27 heavy (non-hydrogen) atoms. The van der Waals surface area contributed by atoms with Crippen LogP contribution in [0.4, 0.5) is 0 Å². The van der Waals surface area contributed by atoms with Crippen molar-refractivity contribution >= 4 is 22.5 Å². The van der Waals surface area contributed by atoms with Crippen LogP contribution in [0.5, 0.6) is 0 Å². The average Bonchev–Trinajstić information content (AvgIpc) is 3.07. The fraction of sp³-hybridized carbons (Fsp3) is 0.318. The van der Waals surface area contributed by atoms with Gasteiger partial charge in [-0.3, -0.25) is 4.98 Å². The van der Waals surface area contributed by atoms with Crippen molar-refractivity contribution in [2.45, 2.75) is 19.3 Å². The van der Waals surface area contributed by atoms with Gasteiger partial charge in [0.2, 0.25) is 0 Å². The van der Waals surface area contributed by atoms with Crippen molar-refractivity contribution < 1.29 is 0 Å². The van der Waals surface area contributed by atoms with Crippen molar-refractivity contribution in [3.8, 4) is 5.69 Å². The van der Waals surface area contributed by atoms with E-state index >= 15 is 0 Å². The first-order valence-electron chi connectivity index (χ1n) is 9.48. The summed E-state index contributed by atoms with van der Waals surface area (Å²) in [5.74, 6) is 0.684. The summed E-state index contributed by atoms with van der Waals surface area (Å²) < 4.78 is 2.22. The molecule has 0 saturated carbocycles. The summed E-state index contributed by atoms with van der Waals surface area (Å²) in [4.78, 5) is 6.67. The normalized spacial score (nSPS) is 15.4. The molecule has 1 saturated heterocycles. The third-order valence-corrected chi connectivity index (χ3v) is 5.85. The Morgan fingerprint density at radius 1 is 1.19 bits per heavy atom. The largest absolute Gasteiger partial charge is 0.374 e. The number of piperidine rings is 1. The number of likely N-dealkylation sites (tertiary alicyclic amines) is 1. The lowest BCUT2D eigenvalue weighted by molar-refractivity contribution is 0.225. The highest BCUT2D eigenvalue weighted by atomic mass is 35.5. The minimum Gasteiger partial charge on any atom is -0.374 e. The Bertz CT molecular complexity index is 937. The molecule has 0 radical (unpaired) electrons.